The van der Waals surface area contributed by atoms with Crippen molar-refractivity contribution in [1.82, 2.24) is 14.5 Å². The van der Waals surface area contributed by atoms with Crippen LogP contribution in [0.1, 0.15) is 0 Å². The number of hydrogen-bond donors (Lipinski definition) is 2. The molecule has 7 nitrogen and oxygen atoms in total. The molecular weight excluding hydrogens is 334 g/mol. The Morgan fingerprint density at radius 2 is 2.15 bits per heavy atom. The van der Waals surface area contributed by atoms with Gasteiger partial charge in [0.05, 0.1) is 12.6 Å². The largest absolute Gasteiger partial charge is 0.493 e. The molecule has 0 aliphatic carbocycles. The summed E-state index contributed by atoms with van der Waals surface area (Å²) in [6.45, 7) is -0.424. The Balaban J connectivity index is 1.87. The van der Waals surface area contributed by atoms with Crippen LogP contribution in [0.25, 0.3) is 33.2 Å². The molecule has 0 atom stereocenters. The number of carboxylic acids is 1. The van der Waals surface area contributed by atoms with E-state index < -0.39 is 12.6 Å². The van der Waals surface area contributed by atoms with Crippen molar-refractivity contribution in [3.05, 3.63) is 42.7 Å². The molecule has 0 saturated heterocycles. The second-order valence-corrected chi connectivity index (χ2v) is 5.98. The molecule has 0 bridgehead atoms. The van der Waals surface area contributed by atoms with Gasteiger partial charge >= 0.3 is 5.97 Å². The van der Waals surface area contributed by atoms with Gasteiger partial charge in [0.2, 0.25) is 0 Å². The third-order valence-electron chi connectivity index (χ3n) is 4.31. The molecular formula is C19H17N3O4. The normalized spacial score (nSPS) is 11.2. The summed E-state index contributed by atoms with van der Waals surface area (Å²) in [5, 5.41) is 10.9. The smallest absolute Gasteiger partial charge is 0.341 e. The van der Waals surface area contributed by atoms with E-state index in [4.69, 9.17) is 14.6 Å². The first-order valence-electron chi connectivity index (χ1n) is 8.02. The molecule has 0 amide bonds. The molecule has 2 N–H and O–H groups in total. The van der Waals surface area contributed by atoms with E-state index in [1.165, 1.54) is 7.11 Å². The number of carboxylic acid groups (broad SMARTS) is 1. The number of pyridine rings is 1. The van der Waals surface area contributed by atoms with Gasteiger partial charge in [-0.05, 0) is 24.3 Å². The average molecular weight is 351 g/mol. The van der Waals surface area contributed by atoms with Gasteiger partial charge in [-0.15, -0.1) is 0 Å². The molecule has 7 heteroatoms. The highest BCUT2D eigenvalue weighted by Crippen LogP contribution is 2.38. The van der Waals surface area contributed by atoms with Crippen LogP contribution in [0.4, 0.5) is 0 Å². The van der Waals surface area contributed by atoms with Crippen LogP contribution in [0.15, 0.2) is 42.7 Å². The van der Waals surface area contributed by atoms with Crippen molar-refractivity contribution in [2.24, 2.45) is 7.05 Å². The molecule has 26 heavy (non-hydrogen) atoms. The van der Waals surface area contributed by atoms with Crippen molar-refractivity contribution in [2.45, 2.75) is 0 Å². The number of carbonyl (C=O) groups is 1. The fourth-order valence-electron chi connectivity index (χ4n) is 3.12. The first-order chi connectivity index (χ1) is 12.6. The number of benzene rings is 1. The van der Waals surface area contributed by atoms with Gasteiger partial charge in [-0.2, -0.15) is 0 Å². The van der Waals surface area contributed by atoms with Gasteiger partial charge in [-0.3, -0.25) is 0 Å². The summed E-state index contributed by atoms with van der Waals surface area (Å²) < 4.78 is 12.7. The Labute approximate surface area is 148 Å². The van der Waals surface area contributed by atoms with Crippen molar-refractivity contribution in [3.8, 4) is 22.8 Å². The number of aliphatic carboxylic acids is 1. The van der Waals surface area contributed by atoms with Gasteiger partial charge < -0.3 is 24.1 Å². The van der Waals surface area contributed by atoms with Crippen molar-refractivity contribution in [3.63, 3.8) is 0 Å². The maximum atomic E-state index is 10.8. The zero-order valence-corrected chi connectivity index (χ0v) is 14.3. The fraction of sp³-hybridized carbons (Fsp3) is 0.158. The summed E-state index contributed by atoms with van der Waals surface area (Å²) in [5.74, 6) is -0.154. The Kier molecular flexibility index (Phi) is 3.76. The van der Waals surface area contributed by atoms with E-state index in [9.17, 15) is 4.79 Å². The molecule has 3 aromatic heterocycles. The molecule has 0 fully saturated rings. The molecule has 0 aliphatic heterocycles. The lowest BCUT2D eigenvalue weighted by Crippen LogP contribution is -2.10. The van der Waals surface area contributed by atoms with Gasteiger partial charge in [0, 0.05) is 47.5 Å². The predicted molar refractivity (Wildman–Crippen MR) is 97.7 cm³/mol. The number of aromatic amines is 1. The average Bonchev–Trinajstić information content (AvgIpc) is 3.20. The van der Waals surface area contributed by atoms with E-state index in [0.717, 1.165) is 33.2 Å². The molecule has 3 heterocycles. The molecule has 0 spiro atoms. The van der Waals surface area contributed by atoms with Crippen molar-refractivity contribution in [1.29, 1.82) is 0 Å². The second kappa shape index (κ2) is 6.11. The van der Waals surface area contributed by atoms with Gasteiger partial charge in [-0.1, -0.05) is 0 Å². The zero-order chi connectivity index (χ0) is 18.3. The number of hydrogen-bond acceptors (Lipinski definition) is 4. The molecule has 0 aliphatic rings. The SMILES string of the molecule is COc1cc2c(-c3cc4cccnc4[nH]3)cn(C)c2cc1OCC(=O)O. The first kappa shape index (κ1) is 16.0. The molecule has 132 valence electrons. The minimum Gasteiger partial charge on any atom is -0.493 e. The molecule has 0 radical (unpaired) electrons. The number of ether oxygens (including phenoxy) is 2. The number of H-pyrrole nitrogens is 1. The van der Waals surface area contributed by atoms with Gasteiger partial charge in [0.25, 0.3) is 0 Å². The highest BCUT2D eigenvalue weighted by Gasteiger charge is 2.16. The summed E-state index contributed by atoms with van der Waals surface area (Å²) >= 11 is 0. The maximum Gasteiger partial charge on any atom is 0.341 e. The summed E-state index contributed by atoms with van der Waals surface area (Å²) in [6, 6.07) is 9.62. The maximum absolute atomic E-state index is 10.8. The lowest BCUT2D eigenvalue weighted by Gasteiger charge is -2.10. The molecule has 1 aromatic carbocycles. The standard InChI is InChI=1S/C19H17N3O4/c1-22-9-13(14-6-11-4-3-5-20-19(11)21-14)12-7-16(25-2)17(8-15(12)22)26-10-18(23)24/h3-9H,10H2,1-2H3,(H,20,21)(H,23,24). The Morgan fingerprint density at radius 3 is 2.88 bits per heavy atom. The van der Waals surface area contributed by atoms with Crippen LogP contribution >= 0.6 is 0 Å². The minimum absolute atomic E-state index is 0.397. The summed E-state index contributed by atoms with van der Waals surface area (Å²) in [7, 11) is 3.46. The van der Waals surface area contributed by atoms with E-state index in [1.54, 1.807) is 12.3 Å². The number of rotatable bonds is 5. The number of methoxy groups -OCH3 is 1. The lowest BCUT2D eigenvalue weighted by molar-refractivity contribution is -0.139. The number of nitrogens with one attached hydrogen (secondary N) is 1. The first-order valence-corrected chi connectivity index (χ1v) is 8.02. The third kappa shape index (κ3) is 2.63. The predicted octanol–water partition coefficient (Wildman–Crippen LogP) is 3.19. The second-order valence-electron chi connectivity index (χ2n) is 5.98. The number of fused-ring (bicyclic) bond motifs is 2. The number of aryl methyl sites for hydroxylation is 1. The van der Waals surface area contributed by atoms with E-state index in [1.807, 2.05) is 36.0 Å². The molecule has 4 rings (SSSR count). The Hall–Kier alpha value is -3.48. The number of nitrogens with zero attached hydrogens (tertiary/aromatic N) is 2. The third-order valence-corrected chi connectivity index (χ3v) is 4.31. The summed E-state index contributed by atoms with van der Waals surface area (Å²) in [6.07, 6.45) is 3.76. The van der Waals surface area contributed by atoms with Crippen LogP contribution in [0.3, 0.4) is 0 Å². The monoisotopic (exact) mass is 351 g/mol. The Morgan fingerprint density at radius 1 is 1.31 bits per heavy atom. The van der Waals surface area contributed by atoms with Gasteiger partial charge in [0.15, 0.2) is 18.1 Å². The molecule has 4 aromatic rings. The van der Waals surface area contributed by atoms with E-state index in [-0.39, 0.29) is 0 Å². The van der Waals surface area contributed by atoms with Crippen LogP contribution in [-0.2, 0) is 11.8 Å². The van der Waals surface area contributed by atoms with E-state index in [0.29, 0.717) is 11.5 Å². The minimum atomic E-state index is -1.04. The topological polar surface area (TPSA) is 89.4 Å². The molecule has 0 unspecified atom stereocenters. The van der Waals surface area contributed by atoms with E-state index >= 15 is 0 Å². The quantitative estimate of drug-likeness (QED) is 0.576. The summed E-state index contributed by atoms with van der Waals surface area (Å²) in [5.41, 5.74) is 3.69. The van der Waals surface area contributed by atoms with Crippen LogP contribution in [0.5, 0.6) is 11.5 Å². The van der Waals surface area contributed by atoms with Crippen LogP contribution in [0.2, 0.25) is 0 Å². The van der Waals surface area contributed by atoms with Crippen molar-refractivity contribution in [2.75, 3.05) is 13.7 Å². The van der Waals surface area contributed by atoms with Gasteiger partial charge in [-0.25, -0.2) is 9.78 Å². The zero-order valence-electron chi connectivity index (χ0n) is 14.3. The van der Waals surface area contributed by atoms with Crippen molar-refractivity contribution < 1.29 is 19.4 Å². The van der Waals surface area contributed by atoms with Gasteiger partial charge in [0.1, 0.15) is 5.65 Å². The lowest BCUT2D eigenvalue weighted by atomic mass is 10.1. The Bertz CT molecular complexity index is 1090. The molecule has 0 saturated carbocycles. The van der Waals surface area contributed by atoms with Crippen LogP contribution in [0, 0.1) is 0 Å². The summed E-state index contributed by atoms with van der Waals surface area (Å²) in [4.78, 5) is 18.5. The van der Waals surface area contributed by atoms with Crippen molar-refractivity contribution >= 4 is 27.9 Å². The highest BCUT2D eigenvalue weighted by molar-refractivity contribution is 5.99. The fourth-order valence-corrected chi connectivity index (χ4v) is 3.12. The number of aromatic nitrogens is 3. The highest BCUT2D eigenvalue weighted by atomic mass is 16.5. The van der Waals surface area contributed by atoms with E-state index in [2.05, 4.69) is 16.0 Å². The van der Waals surface area contributed by atoms with Crippen LogP contribution in [-0.4, -0.2) is 39.3 Å². The van der Waals surface area contributed by atoms with Crippen LogP contribution < -0.4 is 9.47 Å².